The average Bonchev–Trinajstić information content (AvgIpc) is 3.04. The molecule has 2 amide bonds. The van der Waals surface area contributed by atoms with Gasteiger partial charge >= 0.3 is 0 Å². The molecule has 1 aliphatic heterocycles. The molecule has 4 bridgehead atoms. The van der Waals surface area contributed by atoms with Crippen molar-refractivity contribution in [3.05, 3.63) is 22.6 Å². The van der Waals surface area contributed by atoms with Crippen LogP contribution in [0.25, 0.3) is 6.08 Å². The summed E-state index contributed by atoms with van der Waals surface area (Å²) in [6, 6.07) is 3.53. The smallest absolute Gasteiger partial charge is 0.285 e. The van der Waals surface area contributed by atoms with Crippen molar-refractivity contribution in [2.45, 2.75) is 38.5 Å². The number of rotatable bonds is 6. The third kappa shape index (κ3) is 3.89. The fourth-order valence-electron chi connectivity index (χ4n) is 6.51. The van der Waals surface area contributed by atoms with Crippen LogP contribution in [0.2, 0.25) is 0 Å². The lowest BCUT2D eigenvalue weighted by Gasteiger charge is -2.55. The molecular weight excluding hydrogens is 460 g/mol. The number of ether oxygens (including phenoxy) is 3. The minimum atomic E-state index is -0.349. The molecule has 176 valence electrons. The van der Waals surface area contributed by atoms with E-state index in [2.05, 4.69) is 5.43 Å². The number of thiocarbonyl (C=S) groups is 1. The zero-order valence-corrected chi connectivity index (χ0v) is 20.6. The summed E-state index contributed by atoms with van der Waals surface area (Å²) < 4.78 is 16.5. The van der Waals surface area contributed by atoms with Crippen molar-refractivity contribution in [1.29, 1.82) is 0 Å². The van der Waals surface area contributed by atoms with Gasteiger partial charge < -0.3 is 14.2 Å². The summed E-state index contributed by atoms with van der Waals surface area (Å²) in [4.78, 5) is 27.0. The summed E-state index contributed by atoms with van der Waals surface area (Å²) in [5.41, 5.74) is 3.24. The lowest BCUT2D eigenvalue weighted by atomic mass is 9.49. The van der Waals surface area contributed by atoms with Crippen LogP contribution in [0.1, 0.15) is 44.1 Å². The van der Waals surface area contributed by atoms with Gasteiger partial charge in [-0.3, -0.25) is 15.0 Å². The highest BCUT2D eigenvalue weighted by atomic mass is 32.2. The van der Waals surface area contributed by atoms with E-state index in [0.29, 0.717) is 49.8 Å². The van der Waals surface area contributed by atoms with Crippen molar-refractivity contribution >= 4 is 46.2 Å². The number of hydrogen-bond donors (Lipinski definition) is 1. The predicted molar refractivity (Wildman–Crippen MR) is 130 cm³/mol. The summed E-state index contributed by atoms with van der Waals surface area (Å²) in [6.45, 7) is 0. The number of benzene rings is 1. The molecule has 0 radical (unpaired) electrons. The van der Waals surface area contributed by atoms with Crippen LogP contribution in [0.15, 0.2) is 17.0 Å². The summed E-state index contributed by atoms with van der Waals surface area (Å²) in [7, 11) is 4.62. The molecule has 6 rings (SSSR count). The Morgan fingerprint density at radius 3 is 2.09 bits per heavy atom. The molecule has 0 atom stereocenters. The number of thioether (sulfide) groups is 1. The maximum atomic E-state index is 13.4. The van der Waals surface area contributed by atoms with Gasteiger partial charge in [0.2, 0.25) is 11.7 Å². The highest BCUT2D eigenvalue weighted by molar-refractivity contribution is 8.26. The topological polar surface area (TPSA) is 77.1 Å². The Labute approximate surface area is 203 Å². The van der Waals surface area contributed by atoms with Crippen molar-refractivity contribution in [3.8, 4) is 17.2 Å². The van der Waals surface area contributed by atoms with E-state index in [9.17, 15) is 9.59 Å². The number of carbonyl (C=O) groups excluding carboxylic acids is 2. The Morgan fingerprint density at radius 2 is 1.61 bits per heavy atom. The molecule has 33 heavy (non-hydrogen) atoms. The zero-order valence-electron chi connectivity index (χ0n) is 19.0. The number of carbonyl (C=O) groups is 2. The summed E-state index contributed by atoms with van der Waals surface area (Å²) in [6.07, 6.45) is 8.28. The molecule has 1 heterocycles. The van der Waals surface area contributed by atoms with Crippen molar-refractivity contribution in [1.82, 2.24) is 10.4 Å². The lowest BCUT2D eigenvalue weighted by Crippen LogP contribution is -2.57. The van der Waals surface area contributed by atoms with Crippen LogP contribution in [0.4, 0.5) is 0 Å². The first-order valence-electron chi connectivity index (χ1n) is 11.2. The van der Waals surface area contributed by atoms with Gasteiger partial charge in [-0.2, -0.15) is 5.01 Å². The lowest BCUT2D eigenvalue weighted by molar-refractivity contribution is -0.152. The zero-order chi connectivity index (χ0) is 23.3. The molecule has 0 unspecified atom stereocenters. The van der Waals surface area contributed by atoms with E-state index >= 15 is 0 Å². The fourth-order valence-corrected chi connectivity index (χ4v) is 7.69. The maximum absolute atomic E-state index is 13.4. The van der Waals surface area contributed by atoms with Gasteiger partial charge in [-0.15, -0.1) is 0 Å². The van der Waals surface area contributed by atoms with Gasteiger partial charge in [0.15, 0.2) is 15.8 Å². The molecule has 0 spiro atoms. The van der Waals surface area contributed by atoms with Gasteiger partial charge in [0, 0.05) is 0 Å². The third-order valence-electron chi connectivity index (χ3n) is 7.51. The number of nitrogens with one attached hydrogen (secondary N) is 1. The van der Waals surface area contributed by atoms with E-state index in [1.54, 1.807) is 32.4 Å². The fraction of sp³-hybridized carbons (Fsp3) is 0.542. The number of hydrazine groups is 1. The molecule has 9 heteroatoms. The molecule has 1 aromatic rings. The van der Waals surface area contributed by atoms with Gasteiger partial charge in [-0.05, 0) is 92.3 Å². The molecule has 5 fully saturated rings. The molecule has 1 saturated heterocycles. The van der Waals surface area contributed by atoms with E-state index in [4.69, 9.17) is 26.4 Å². The van der Waals surface area contributed by atoms with Crippen molar-refractivity contribution in [2.75, 3.05) is 21.3 Å². The second kappa shape index (κ2) is 8.51. The van der Waals surface area contributed by atoms with Crippen molar-refractivity contribution in [3.63, 3.8) is 0 Å². The first-order chi connectivity index (χ1) is 15.9. The third-order valence-corrected chi connectivity index (χ3v) is 8.81. The van der Waals surface area contributed by atoms with E-state index in [1.807, 2.05) is 0 Å². The van der Waals surface area contributed by atoms with E-state index in [0.717, 1.165) is 19.3 Å². The van der Waals surface area contributed by atoms with Crippen molar-refractivity contribution < 1.29 is 23.8 Å². The minimum Gasteiger partial charge on any atom is -0.493 e. The molecule has 4 saturated carbocycles. The monoisotopic (exact) mass is 488 g/mol. The molecule has 1 aromatic carbocycles. The van der Waals surface area contributed by atoms with Crippen LogP contribution in [-0.4, -0.2) is 42.5 Å². The van der Waals surface area contributed by atoms with E-state index in [-0.39, 0.29) is 17.2 Å². The van der Waals surface area contributed by atoms with E-state index in [1.165, 1.54) is 43.1 Å². The van der Waals surface area contributed by atoms with Crippen LogP contribution in [0.5, 0.6) is 17.2 Å². The van der Waals surface area contributed by atoms with Crippen LogP contribution in [0.3, 0.4) is 0 Å². The molecule has 1 N–H and O–H groups in total. The van der Waals surface area contributed by atoms with Crippen LogP contribution in [0, 0.1) is 23.2 Å². The van der Waals surface area contributed by atoms with Gasteiger partial charge in [-0.1, -0.05) is 11.8 Å². The Kier molecular flexibility index (Phi) is 5.81. The maximum Gasteiger partial charge on any atom is 0.285 e. The highest BCUT2D eigenvalue weighted by Gasteiger charge is 2.55. The first-order valence-corrected chi connectivity index (χ1v) is 12.5. The van der Waals surface area contributed by atoms with Crippen LogP contribution in [-0.2, 0) is 9.59 Å². The molecule has 4 aliphatic carbocycles. The Hall–Kier alpha value is -2.26. The van der Waals surface area contributed by atoms with Gasteiger partial charge in [-0.25, -0.2) is 0 Å². The summed E-state index contributed by atoms with van der Waals surface area (Å²) in [5, 5.41) is 1.24. The van der Waals surface area contributed by atoms with Gasteiger partial charge in [0.1, 0.15) is 0 Å². The highest BCUT2D eigenvalue weighted by Crippen LogP contribution is 2.60. The summed E-state index contributed by atoms with van der Waals surface area (Å²) >= 11 is 6.63. The number of methoxy groups -OCH3 is 3. The number of amides is 2. The SMILES string of the molecule is COc1cc(/C=C2/SC(=S)N(NC(=O)C34CC5CC(CC(C5)C3)C4)C2=O)cc(OC)c1OC. The average molecular weight is 489 g/mol. The van der Waals surface area contributed by atoms with E-state index < -0.39 is 0 Å². The minimum absolute atomic E-state index is 0.0491. The first kappa shape index (κ1) is 22.5. The standard InChI is InChI=1S/C24H28N2O5S2/c1-29-17-7-13(8-18(30-2)20(17)31-3)9-19-21(27)26(23(32)33-19)25-22(28)24-10-14-4-15(11-24)6-16(5-14)12-24/h7-9,14-16H,4-6,10-12H2,1-3H3,(H,25,28)/b19-9+. The van der Waals surface area contributed by atoms with Gasteiger partial charge in [0.05, 0.1) is 31.6 Å². The predicted octanol–water partition coefficient (Wildman–Crippen LogP) is 4.16. The quantitative estimate of drug-likeness (QED) is 0.476. The molecule has 0 aromatic heterocycles. The molecule has 5 aliphatic rings. The number of hydrogen-bond acceptors (Lipinski definition) is 7. The largest absolute Gasteiger partial charge is 0.493 e. The summed E-state index contributed by atoms with van der Waals surface area (Å²) in [5.74, 6) is 3.04. The van der Waals surface area contributed by atoms with Gasteiger partial charge in [0.25, 0.3) is 5.91 Å². The molecule has 7 nitrogen and oxygen atoms in total. The normalized spacial score (nSPS) is 31.3. The van der Waals surface area contributed by atoms with Crippen LogP contribution >= 0.6 is 24.0 Å². The van der Waals surface area contributed by atoms with Crippen molar-refractivity contribution in [2.24, 2.45) is 23.2 Å². The molecular formula is C24H28N2O5S2. The second-order valence-corrected chi connectivity index (χ2v) is 11.3. The Morgan fingerprint density at radius 1 is 1.06 bits per heavy atom. The Balaban J connectivity index is 1.35. The number of nitrogens with zero attached hydrogens (tertiary/aromatic N) is 1. The van der Waals surface area contributed by atoms with Crippen LogP contribution < -0.4 is 19.6 Å². The second-order valence-electron chi connectivity index (χ2n) is 9.61. The Bertz CT molecular complexity index is 993.